The smallest absolute Gasteiger partial charge is 0.308 e. The zero-order valence-corrected chi connectivity index (χ0v) is 15.4. The molecule has 26 heavy (non-hydrogen) atoms. The van der Waals surface area contributed by atoms with E-state index in [1.165, 1.54) is 17.8 Å². The molecule has 2 rings (SSSR count). The van der Waals surface area contributed by atoms with Crippen LogP contribution in [0.25, 0.3) is 0 Å². The Morgan fingerprint density at radius 1 is 1.42 bits per heavy atom. The molecule has 0 radical (unpaired) electrons. The van der Waals surface area contributed by atoms with Crippen LogP contribution in [0.5, 0.6) is 0 Å². The van der Waals surface area contributed by atoms with Crippen LogP contribution in [0.4, 0.5) is 4.39 Å². The van der Waals surface area contributed by atoms with Gasteiger partial charge in [-0.05, 0) is 24.5 Å². The molecular formula is C18H23FN2O4S. The second kappa shape index (κ2) is 9.56. The number of hydrogen-bond acceptors (Lipinski definition) is 4. The molecule has 0 saturated carbocycles. The number of carbonyl (C=O) groups is 3. The lowest BCUT2D eigenvalue weighted by Gasteiger charge is -2.28. The normalized spacial score (nSPS) is 20.9. The van der Waals surface area contributed by atoms with Gasteiger partial charge in [-0.3, -0.25) is 14.4 Å². The fourth-order valence-corrected chi connectivity index (χ4v) is 3.94. The number of carboxylic acids is 1. The highest BCUT2D eigenvalue weighted by molar-refractivity contribution is 8.00. The molecule has 3 unspecified atom stereocenters. The van der Waals surface area contributed by atoms with Crippen molar-refractivity contribution in [1.82, 2.24) is 10.6 Å². The Balaban J connectivity index is 1.85. The van der Waals surface area contributed by atoms with E-state index in [0.717, 1.165) is 0 Å². The average Bonchev–Trinajstić information content (AvgIpc) is 2.61. The van der Waals surface area contributed by atoms with Crippen LogP contribution in [-0.4, -0.2) is 46.5 Å². The van der Waals surface area contributed by atoms with Crippen molar-refractivity contribution in [3.05, 3.63) is 35.6 Å². The van der Waals surface area contributed by atoms with Crippen LogP contribution in [-0.2, 0) is 20.8 Å². The van der Waals surface area contributed by atoms with Gasteiger partial charge in [0.1, 0.15) is 11.9 Å². The van der Waals surface area contributed by atoms with E-state index in [1.54, 1.807) is 18.2 Å². The number of carbonyl (C=O) groups excluding carboxylic acids is 2. The van der Waals surface area contributed by atoms with Gasteiger partial charge in [0.2, 0.25) is 11.8 Å². The number of nitrogens with one attached hydrogen (secondary N) is 2. The van der Waals surface area contributed by atoms with Gasteiger partial charge in [0.25, 0.3) is 0 Å². The molecule has 1 aliphatic rings. The van der Waals surface area contributed by atoms with E-state index in [2.05, 4.69) is 10.6 Å². The summed E-state index contributed by atoms with van der Waals surface area (Å²) in [6.45, 7) is 1.92. The highest BCUT2D eigenvalue weighted by Gasteiger charge is 2.33. The topological polar surface area (TPSA) is 95.5 Å². The third-order valence-electron chi connectivity index (χ3n) is 4.26. The summed E-state index contributed by atoms with van der Waals surface area (Å²) in [5.74, 6) is -2.27. The van der Waals surface area contributed by atoms with Gasteiger partial charge in [0.15, 0.2) is 0 Å². The molecule has 8 heteroatoms. The first-order valence-corrected chi connectivity index (χ1v) is 9.63. The van der Waals surface area contributed by atoms with Crippen molar-refractivity contribution in [3.8, 4) is 0 Å². The second-order valence-electron chi connectivity index (χ2n) is 6.25. The number of aliphatic carboxylic acids is 1. The molecule has 1 aromatic rings. The average molecular weight is 382 g/mol. The minimum atomic E-state index is -0.945. The maximum Gasteiger partial charge on any atom is 0.308 e. The number of hydrogen-bond donors (Lipinski definition) is 3. The minimum Gasteiger partial charge on any atom is -0.481 e. The molecule has 0 bridgehead atoms. The summed E-state index contributed by atoms with van der Waals surface area (Å²) in [4.78, 5) is 35.6. The molecule has 1 heterocycles. The molecule has 3 atom stereocenters. The summed E-state index contributed by atoms with van der Waals surface area (Å²) in [5, 5.41) is 13.9. The highest BCUT2D eigenvalue weighted by atomic mass is 32.2. The second-order valence-corrected chi connectivity index (χ2v) is 7.48. The van der Waals surface area contributed by atoms with Crippen LogP contribution >= 0.6 is 11.8 Å². The number of rotatable bonds is 8. The summed E-state index contributed by atoms with van der Waals surface area (Å²) < 4.78 is 13.7. The van der Waals surface area contributed by atoms with E-state index >= 15 is 0 Å². The molecule has 2 amide bonds. The number of carboxylic acid groups (broad SMARTS) is 1. The Bertz CT molecular complexity index is 670. The van der Waals surface area contributed by atoms with E-state index in [1.807, 2.05) is 6.92 Å². The lowest BCUT2D eigenvalue weighted by molar-refractivity contribution is -0.142. The maximum absolute atomic E-state index is 13.7. The molecule has 6 nitrogen and oxygen atoms in total. The van der Waals surface area contributed by atoms with Gasteiger partial charge >= 0.3 is 5.97 Å². The molecule has 0 aromatic heterocycles. The summed E-state index contributed by atoms with van der Waals surface area (Å²) in [6, 6.07) is 5.60. The first-order valence-electron chi connectivity index (χ1n) is 8.58. The molecule has 142 valence electrons. The van der Waals surface area contributed by atoms with Crippen molar-refractivity contribution < 1.29 is 23.9 Å². The molecule has 1 fully saturated rings. The van der Waals surface area contributed by atoms with E-state index in [-0.39, 0.29) is 24.7 Å². The zero-order valence-electron chi connectivity index (χ0n) is 14.5. The van der Waals surface area contributed by atoms with Gasteiger partial charge in [-0.1, -0.05) is 31.5 Å². The van der Waals surface area contributed by atoms with Gasteiger partial charge in [-0.2, -0.15) is 0 Å². The SMILES string of the molecule is CCCC(CNC(=O)C1CSC(Cc2ccccc2F)C(=O)N1)C(=O)O. The highest BCUT2D eigenvalue weighted by Crippen LogP contribution is 2.23. The monoisotopic (exact) mass is 382 g/mol. The summed E-state index contributed by atoms with van der Waals surface area (Å²) >= 11 is 1.31. The molecule has 0 spiro atoms. The van der Waals surface area contributed by atoms with E-state index in [9.17, 15) is 18.8 Å². The quantitative estimate of drug-likeness (QED) is 0.635. The predicted octanol–water partition coefficient (Wildman–Crippen LogP) is 1.59. The van der Waals surface area contributed by atoms with Gasteiger partial charge in [0, 0.05) is 12.3 Å². The molecule has 0 aliphatic carbocycles. The van der Waals surface area contributed by atoms with Gasteiger partial charge < -0.3 is 15.7 Å². The van der Waals surface area contributed by atoms with Gasteiger partial charge in [-0.15, -0.1) is 11.8 Å². The van der Waals surface area contributed by atoms with Gasteiger partial charge in [-0.25, -0.2) is 4.39 Å². The Hall–Kier alpha value is -2.09. The Kier molecular flexibility index (Phi) is 7.44. The number of benzene rings is 1. The Morgan fingerprint density at radius 3 is 2.77 bits per heavy atom. The van der Waals surface area contributed by atoms with E-state index < -0.39 is 29.1 Å². The van der Waals surface area contributed by atoms with Crippen molar-refractivity contribution in [1.29, 1.82) is 0 Å². The van der Waals surface area contributed by atoms with Crippen LogP contribution in [0.1, 0.15) is 25.3 Å². The lowest BCUT2D eigenvalue weighted by atomic mass is 10.0. The van der Waals surface area contributed by atoms with Crippen molar-refractivity contribution in [2.24, 2.45) is 5.92 Å². The summed E-state index contributed by atoms with van der Waals surface area (Å²) in [6.07, 6.45) is 1.45. The Morgan fingerprint density at radius 2 is 2.15 bits per heavy atom. The predicted molar refractivity (Wildman–Crippen MR) is 97.3 cm³/mol. The van der Waals surface area contributed by atoms with Crippen LogP contribution in [0.15, 0.2) is 24.3 Å². The van der Waals surface area contributed by atoms with Crippen molar-refractivity contribution in [2.75, 3.05) is 12.3 Å². The molecule has 1 aliphatic heterocycles. The largest absolute Gasteiger partial charge is 0.481 e. The van der Waals surface area contributed by atoms with Crippen LogP contribution < -0.4 is 10.6 Å². The first kappa shape index (κ1) is 20.2. The number of amides is 2. The van der Waals surface area contributed by atoms with Crippen LogP contribution in [0.3, 0.4) is 0 Å². The molecular weight excluding hydrogens is 359 g/mol. The number of thioether (sulfide) groups is 1. The third kappa shape index (κ3) is 5.45. The van der Waals surface area contributed by atoms with E-state index in [4.69, 9.17) is 5.11 Å². The maximum atomic E-state index is 13.7. The van der Waals surface area contributed by atoms with Crippen molar-refractivity contribution in [2.45, 2.75) is 37.5 Å². The third-order valence-corrected chi connectivity index (χ3v) is 5.57. The van der Waals surface area contributed by atoms with E-state index in [0.29, 0.717) is 24.2 Å². The zero-order chi connectivity index (χ0) is 19.1. The molecule has 3 N–H and O–H groups in total. The fraction of sp³-hybridized carbons (Fsp3) is 0.500. The standard InChI is InChI=1S/C18H23FN2O4S/c1-2-5-12(18(24)25)9-20-16(22)14-10-26-15(17(23)21-14)8-11-6-3-4-7-13(11)19/h3-4,6-7,12,14-15H,2,5,8-10H2,1H3,(H,20,22)(H,21,23)(H,24,25). The number of halogens is 1. The fourth-order valence-electron chi connectivity index (χ4n) is 2.76. The summed E-state index contributed by atoms with van der Waals surface area (Å²) in [5.41, 5.74) is 0.465. The summed E-state index contributed by atoms with van der Waals surface area (Å²) in [7, 11) is 0. The van der Waals surface area contributed by atoms with Crippen molar-refractivity contribution in [3.63, 3.8) is 0 Å². The van der Waals surface area contributed by atoms with Crippen molar-refractivity contribution >= 4 is 29.5 Å². The lowest BCUT2D eigenvalue weighted by Crippen LogP contribution is -2.55. The minimum absolute atomic E-state index is 0.0394. The first-order chi connectivity index (χ1) is 12.4. The molecule has 1 aromatic carbocycles. The molecule has 1 saturated heterocycles. The Labute approximate surface area is 155 Å². The van der Waals surface area contributed by atoms with Crippen LogP contribution in [0, 0.1) is 11.7 Å². The van der Waals surface area contributed by atoms with Crippen LogP contribution in [0.2, 0.25) is 0 Å². The van der Waals surface area contributed by atoms with Gasteiger partial charge in [0.05, 0.1) is 11.2 Å².